The SMILES string of the molecule is NC1CCC(CCN2CCC(Oc3ccc(F)cc3)CC2)CC1. The molecule has 1 aromatic rings. The molecule has 0 radical (unpaired) electrons. The summed E-state index contributed by atoms with van der Waals surface area (Å²) in [4.78, 5) is 2.57. The summed E-state index contributed by atoms with van der Waals surface area (Å²) in [6.45, 7) is 3.43. The lowest BCUT2D eigenvalue weighted by atomic mass is 9.84. The smallest absolute Gasteiger partial charge is 0.123 e. The van der Waals surface area contributed by atoms with E-state index in [4.69, 9.17) is 10.5 Å². The zero-order valence-electron chi connectivity index (χ0n) is 13.9. The summed E-state index contributed by atoms with van der Waals surface area (Å²) in [7, 11) is 0. The third-order valence-corrected chi connectivity index (χ3v) is 5.40. The van der Waals surface area contributed by atoms with Gasteiger partial charge in [-0.3, -0.25) is 0 Å². The molecule has 0 aromatic heterocycles. The highest BCUT2D eigenvalue weighted by Gasteiger charge is 2.23. The highest BCUT2D eigenvalue weighted by molar-refractivity contribution is 5.22. The van der Waals surface area contributed by atoms with Crippen molar-refractivity contribution in [1.29, 1.82) is 0 Å². The molecule has 0 unspecified atom stereocenters. The first-order chi connectivity index (χ1) is 11.2. The summed E-state index contributed by atoms with van der Waals surface area (Å²) in [6.07, 6.45) is 8.74. The Morgan fingerprint density at radius 3 is 2.30 bits per heavy atom. The maximum absolute atomic E-state index is 12.9. The normalized spacial score (nSPS) is 27.0. The highest BCUT2D eigenvalue weighted by atomic mass is 19.1. The number of likely N-dealkylation sites (tertiary alicyclic amines) is 1. The Bertz CT molecular complexity index is 463. The van der Waals surface area contributed by atoms with Gasteiger partial charge in [-0.1, -0.05) is 0 Å². The Hall–Kier alpha value is -1.13. The van der Waals surface area contributed by atoms with Crippen molar-refractivity contribution in [2.24, 2.45) is 11.7 Å². The van der Waals surface area contributed by atoms with E-state index in [1.54, 1.807) is 12.1 Å². The van der Waals surface area contributed by atoms with Crippen molar-refractivity contribution >= 4 is 0 Å². The highest BCUT2D eigenvalue weighted by Crippen LogP contribution is 2.27. The van der Waals surface area contributed by atoms with Gasteiger partial charge in [-0.05, 0) is 81.7 Å². The topological polar surface area (TPSA) is 38.5 Å². The number of benzene rings is 1. The van der Waals surface area contributed by atoms with Gasteiger partial charge < -0.3 is 15.4 Å². The molecule has 1 aromatic carbocycles. The Kier molecular flexibility index (Phi) is 5.90. The van der Waals surface area contributed by atoms with Gasteiger partial charge in [0, 0.05) is 19.1 Å². The summed E-state index contributed by atoms with van der Waals surface area (Å²) >= 11 is 0. The lowest BCUT2D eigenvalue weighted by Gasteiger charge is -2.34. The lowest BCUT2D eigenvalue weighted by molar-refractivity contribution is 0.0952. The predicted octanol–water partition coefficient (Wildman–Crippen LogP) is 3.58. The van der Waals surface area contributed by atoms with E-state index in [1.165, 1.54) is 50.8 Å². The van der Waals surface area contributed by atoms with E-state index in [1.807, 2.05) is 0 Å². The van der Waals surface area contributed by atoms with Crippen molar-refractivity contribution in [2.75, 3.05) is 19.6 Å². The van der Waals surface area contributed by atoms with Crippen molar-refractivity contribution in [1.82, 2.24) is 4.90 Å². The maximum Gasteiger partial charge on any atom is 0.123 e. The number of halogens is 1. The second-order valence-electron chi connectivity index (χ2n) is 7.18. The van der Waals surface area contributed by atoms with E-state index in [-0.39, 0.29) is 11.9 Å². The van der Waals surface area contributed by atoms with Crippen LogP contribution in [0.5, 0.6) is 5.75 Å². The number of piperidine rings is 1. The zero-order chi connectivity index (χ0) is 16.1. The first kappa shape index (κ1) is 16.7. The molecule has 2 N–H and O–H groups in total. The van der Waals surface area contributed by atoms with Crippen LogP contribution in [0.4, 0.5) is 4.39 Å². The molecule has 3 rings (SSSR count). The van der Waals surface area contributed by atoms with E-state index in [0.29, 0.717) is 6.04 Å². The second kappa shape index (κ2) is 8.11. The van der Waals surface area contributed by atoms with E-state index in [0.717, 1.165) is 37.6 Å². The van der Waals surface area contributed by atoms with Crippen LogP contribution in [0.2, 0.25) is 0 Å². The van der Waals surface area contributed by atoms with Crippen LogP contribution < -0.4 is 10.5 Å². The van der Waals surface area contributed by atoms with Gasteiger partial charge in [0.25, 0.3) is 0 Å². The van der Waals surface area contributed by atoms with Gasteiger partial charge in [-0.15, -0.1) is 0 Å². The average Bonchev–Trinajstić information content (AvgIpc) is 2.58. The number of nitrogens with two attached hydrogens (primary N) is 1. The van der Waals surface area contributed by atoms with Crippen LogP contribution in [0.3, 0.4) is 0 Å². The first-order valence-electron chi connectivity index (χ1n) is 9.09. The number of rotatable bonds is 5. The summed E-state index contributed by atoms with van der Waals surface area (Å²) in [5.74, 6) is 1.45. The second-order valence-corrected chi connectivity index (χ2v) is 7.18. The van der Waals surface area contributed by atoms with Crippen LogP contribution in [-0.4, -0.2) is 36.7 Å². The van der Waals surface area contributed by atoms with Crippen LogP contribution in [-0.2, 0) is 0 Å². The van der Waals surface area contributed by atoms with Gasteiger partial charge in [0.15, 0.2) is 0 Å². The molecule has 1 aliphatic carbocycles. The van der Waals surface area contributed by atoms with Crippen LogP contribution in [0.1, 0.15) is 44.9 Å². The number of nitrogens with zero attached hydrogens (tertiary/aromatic N) is 1. The van der Waals surface area contributed by atoms with E-state index >= 15 is 0 Å². The van der Waals surface area contributed by atoms with Gasteiger partial charge in [-0.25, -0.2) is 4.39 Å². The molecule has 128 valence electrons. The molecular weight excluding hydrogens is 291 g/mol. The number of hydrogen-bond donors (Lipinski definition) is 1. The minimum Gasteiger partial charge on any atom is -0.490 e. The van der Waals surface area contributed by atoms with E-state index in [2.05, 4.69) is 4.90 Å². The Morgan fingerprint density at radius 1 is 1.00 bits per heavy atom. The third kappa shape index (κ3) is 5.18. The molecule has 23 heavy (non-hydrogen) atoms. The fraction of sp³-hybridized carbons (Fsp3) is 0.684. The maximum atomic E-state index is 12.9. The summed E-state index contributed by atoms with van der Waals surface area (Å²) < 4.78 is 18.9. The summed E-state index contributed by atoms with van der Waals surface area (Å²) in [5, 5.41) is 0. The van der Waals surface area contributed by atoms with E-state index in [9.17, 15) is 4.39 Å². The third-order valence-electron chi connectivity index (χ3n) is 5.40. The monoisotopic (exact) mass is 320 g/mol. The van der Waals surface area contributed by atoms with E-state index < -0.39 is 0 Å². The van der Waals surface area contributed by atoms with Crippen molar-refractivity contribution in [3.63, 3.8) is 0 Å². The van der Waals surface area contributed by atoms with Crippen LogP contribution in [0.25, 0.3) is 0 Å². The van der Waals surface area contributed by atoms with Crippen molar-refractivity contribution < 1.29 is 9.13 Å². The molecule has 2 aliphatic rings. The van der Waals surface area contributed by atoms with Crippen LogP contribution in [0, 0.1) is 11.7 Å². The van der Waals surface area contributed by atoms with Gasteiger partial charge in [0.05, 0.1) is 0 Å². The predicted molar refractivity (Wildman–Crippen MR) is 91.0 cm³/mol. The minimum atomic E-state index is -0.212. The standard InChI is InChI=1S/C19H29FN2O/c20-16-3-7-18(8-4-16)23-19-10-13-22(14-11-19)12-9-15-1-5-17(21)6-2-15/h3-4,7-8,15,17,19H,1-2,5-6,9-14,21H2. The molecule has 0 bridgehead atoms. The Labute approximate surface area is 139 Å². The Morgan fingerprint density at radius 2 is 1.65 bits per heavy atom. The molecule has 1 heterocycles. The summed E-state index contributed by atoms with van der Waals surface area (Å²) in [5.41, 5.74) is 5.98. The largest absolute Gasteiger partial charge is 0.490 e. The Balaban J connectivity index is 1.34. The molecule has 3 nitrogen and oxygen atoms in total. The van der Waals surface area contributed by atoms with Crippen molar-refractivity contribution in [3.8, 4) is 5.75 Å². The van der Waals surface area contributed by atoms with Gasteiger partial charge in [0.1, 0.15) is 17.7 Å². The van der Waals surface area contributed by atoms with Gasteiger partial charge >= 0.3 is 0 Å². The molecule has 1 saturated heterocycles. The van der Waals surface area contributed by atoms with Crippen LogP contribution in [0.15, 0.2) is 24.3 Å². The fourth-order valence-electron chi connectivity index (χ4n) is 3.80. The molecule has 0 amide bonds. The number of hydrogen-bond acceptors (Lipinski definition) is 3. The molecule has 4 heteroatoms. The molecular formula is C19H29FN2O. The molecule has 0 atom stereocenters. The number of ether oxygens (including phenoxy) is 1. The minimum absolute atomic E-state index is 0.212. The first-order valence-corrected chi connectivity index (χ1v) is 9.09. The zero-order valence-corrected chi connectivity index (χ0v) is 13.9. The molecule has 2 fully saturated rings. The lowest BCUT2D eigenvalue weighted by Crippen LogP contribution is -2.39. The van der Waals surface area contributed by atoms with Crippen LogP contribution >= 0.6 is 0 Å². The van der Waals surface area contributed by atoms with Crippen molar-refractivity contribution in [2.45, 2.75) is 57.1 Å². The van der Waals surface area contributed by atoms with Crippen molar-refractivity contribution in [3.05, 3.63) is 30.1 Å². The van der Waals surface area contributed by atoms with Gasteiger partial charge in [-0.2, -0.15) is 0 Å². The fourth-order valence-corrected chi connectivity index (χ4v) is 3.80. The average molecular weight is 320 g/mol. The molecule has 0 spiro atoms. The molecule has 1 saturated carbocycles. The quantitative estimate of drug-likeness (QED) is 0.901. The van der Waals surface area contributed by atoms with Gasteiger partial charge in [0.2, 0.25) is 0 Å². The molecule has 1 aliphatic heterocycles. The summed E-state index contributed by atoms with van der Waals surface area (Å²) in [6, 6.07) is 6.80.